The van der Waals surface area contributed by atoms with Gasteiger partial charge in [0.1, 0.15) is 10.6 Å². The van der Waals surface area contributed by atoms with Gasteiger partial charge in [-0.15, -0.1) is 0 Å². The van der Waals surface area contributed by atoms with E-state index in [2.05, 4.69) is 43.2 Å². The third-order valence-electron chi connectivity index (χ3n) is 7.79. The third-order valence-corrected chi connectivity index (χ3v) is 9.48. The summed E-state index contributed by atoms with van der Waals surface area (Å²) in [5, 5.41) is 4.58. The Morgan fingerprint density at radius 3 is 2.67 bits per heavy atom. The van der Waals surface area contributed by atoms with Gasteiger partial charge in [-0.2, -0.15) is 4.98 Å². The van der Waals surface area contributed by atoms with Crippen LogP contribution >= 0.6 is 0 Å². The average molecular weight is 542 g/mol. The first-order valence-corrected chi connectivity index (χ1v) is 14.2. The molecular weight excluding hydrogens is 514 g/mol. The maximum absolute atomic E-state index is 13.7. The van der Waals surface area contributed by atoms with Gasteiger partial charge in [0.15, 0.2) is 5.65 Å². The molecule has 0 amide bonds. The Hall–Kier alpha value is -4.22. The SMILES string of the molecule is COc1cc(Nc2ncc3ccn(S(=O)(=O)c4cccc5cccnc45)c3n2)ccc1N1CC2CC1CN2C. The summed E-state index contributed by atoms with van der Waals surface area (Å²) in [6.45, 7) is 2.04. The first kappa shape index (κ1) is 23.9. The van der Waals surface area contributed by atoms with Gasteiger partial charge in [0.25, 0.3) is 10.0 Å². The molecular formula is C28H27N7O3S. The van der Waals surface area contributed by atoms with Gasteiger partial charge in [-0.1, -0.05) is 18.2 Å². The lowest BCUT2D eigenvalue weighted by Crippen LogP contribution is -2.44. The normalized spacial score (nSPS) is 19.3. The largest absolute Gasteiger partial charge is 0.495 e. The summed E-state index contributed by atoms with van der Waals surface area (Å²) in [4.78, 5) is 18.3. The molecule has 2 aromatic carbocycles. The van der Waals surface area contributed by atoms with Crippen molar-refractivity contribution >= 4 is 49.3 Å². The van der Waals surface area contributed by atoms with Crippen molar-refractivity contribution in [2.45, 2.75) is 23.4 Å². The topological polar surface area (TPSA) is 105 Å². The predicted molar refractivity (Wildman–Crippen MR) is 150 cm³/mol. The summed E-state index contributed by atoms with van der Waals surface area (Å²) in [7, 11) is -0.109. The molecule has 198 valence electrons. The summed E-state index contributed by atoms with van der Waals surface area (Å²) in [5.41, 5.74) is 2.51. The van der Waals surface area contributed by atoms with E-state index in [1.807, 2.05) is 24.3 Å². The van der Waals surface area contributed by atoms with E-state index in [0.29, 0.717) is 23.0 Å². The lowest BCUT2D eigenvalue weighted by atomic mass is 10.2. The number of pyridine rings is 1. The quantitative estimate of drug-likeness (QED) is 0.343. The molecule has 5 heterocycles. The number of nitrogens with one attached hydrogen (secondary N) is 1. The fraction of sp³-hybridized carbons (Fsp3) is 0.250. The molecule has 5 aromatic rings. The highest BCUT2D eigenvalue weighted by Crippen LogP contribution is 2.40. The van der Waals surface area contributed by atoms with Crippen molar-refractivity contribution in [2.24, 2.45) is 0 Å². The van der Waals surface area contributed by atoms with Crippen LogP contribution in [0.2, 0.25) is 0 Å². The van der Waals surface area contributed by atoms with Crippen LogP contribution in [0.5, 0.6) is 5.75 Å². The van der Waals surface area contributed by atoms with Crippen LogP contribution in [0.15, 0.2) is 78.1 Å². The maximum Gasteiger partial charge on any atom is 0.271 e. The summed E-state index contributed by atoms with van der Waals surface area (Å²) >= 11 is 0. The number of rotatable bonds is 6. The number of hydrogen-bond acceptors (Lipinski definition) is 9. The zero-order chi connectivity index (χ0) is 26.7. The van der Waals surface area contributed by atoms with E-state index in [4.69, 9.17) is 4.74 Å². The van der Waals surface area contributed by atoms with Crippen LogP contribution in [0.1, 0.15) is 6.42 Å². The second-order valence-electron chi connectivity index (χ2n) is 10.1. The second kappa shape index (κ2) is 8.92. The van der Waals surface area contributed by atoms with E-state index in [1.165, 1.54) is 16.6 Å². The van der Waals surface area contributed by atoms with Crippen molar-refractivity contribution in [3.8, 4) is 5.75 Å². The maximum atomic E-state index is 13.7. The molecule has 2 fully saturated rings. The molecule has 2 bridgehead atoms. The molecule has 2 unspecified atom stereocenters. The summed E-state index contributed by atoms with van der Waals surface area (Å²) in [6, 6.07) is 17.5. The Balaban J connectivity index is 1.21. The van der Waals surface area contributed by atoms with Gasteiger partial charge in [-0.05, 0) is 43.8 Å². The van der Waals surface area contributed by atoms with Crippen LogP contribution in [0.25, 0.3) is 21.9 Å². The number of methoxy groups -OCH3 is 1. The van der Waals surface area contributed by atoms with E-state index < -0.39 is 10.0 Å². The molecule has 2 aliphatic rings. The van der Waals surface area contributed by atoms with Gasteiger partial charge >= 0.3 is 0 Å². The monoisotopic (exact) mass is 541 g/mol. The smallest absolute Gasteiger partial charge is 0.271 e. The highest BCUT2D eigenvalue weighted by Gasteiger charge is 2.42. The molecule has 10 nitrogen and oxygen atoms in total. The van der Waals surface area contributed by atoms with Crippen molar-refractivity contribution in [1.82, 2.24) is 23.8 Å². The Labute approximate surface area is 225 Å². The molecule has 0 radical (unpaired) electrons. The van der Waals surface area contributed by atoms with Gasteiger partial charge < -0.3 is 15.0 Å². The molecule has 0 saturated carbocycles. The van der Waals surface area contributed by atoms with E-state index in [9.17, 15) is 8.42 Å². The minimum absolute atomic E-state index is 0.119. The third kappa shape index (κ3) is 3.88. The fourth-order valence-electron chi connectivity index (χ4n) is 5.82. The van der Waals surface area contributed by atoms with Crippen LogP contribution in [-0.4, -0.2) is 71.6 Å². The minimum atomic E-state index is -3.97. The summed E-state index contributed by atoms with van der Waals surface area (Å²) < 4.78 is 34.4. The predicted octanol–water partition coefficient (Wildman–Crippen LogP) is 3.86. The lowest BCUT2D eigenvalue weighted by Gasteiger charge is -2.34. The van der Waals surface area contributed by atoms with Crippen LogP contribution < -0.4 is 15.0 Å². The lowest BCUT2D eigenvalue weighted by molar-refractivity contribution is 0.291. The highest BCUT2D eigenvalue weighted by atomic mass is 32.2. The molecule has 39 heavy (non-hydrogen) atoms. The molecule has 7 rings (SSSR count). The van der Waals surface area contributed by atoms with Crippen molar-refractivity contribution in [1.29, 1.82) is 0 Å². The van der Waals surface area contributed by atoms with Gasteiger partial charge in [0.2, 0.25) is 5.95 Å². The second-order valence-corrected chi connectivity index (χ2v) is 11.9. The molecule has 2 aliphatic heterocycles. The van der Waals surface area contributed by atoms with E-state index in [-0.39, 0.29) is 16.5 Å². The summed E-state index contributed by atoms with van der Waals surface area (Å²) in [5.74, 6) is 1.05. The standard InChI is InChI=1S/C28H27N7O3S/c1-33-16-22-14-21(33)17-34(22)23-9-8-20(13-24(23)38-2)31-28-30-15-19-10-12-35(27(19)32-28)39(36,37)25-7-3-5-18-6-4-11-29-26(18)25/h3-13,15,21-22H,14,16-17H2,1-2H3,(H,30,31,32). The van der Waals surface area contributed by atoms with Gasteiger partial charge in [-0.3, -0.25) is 9.88 Å². The van der Waals surface area contributed by atoms with E-state index >= 15 is 0 Å². The number of likely N-dealkylation sites (N-methyl/N-ethyl adjacent to an activating group) is 1. The van der Waals surface area contributed by atoms with Crippen molar-refractivity contribution in [3.63, 3.8) is 0 Å². The van der Waals surface area contributed by atoms with Crippen LogP contribution in [0.3, 0.4) is 0 Å². The molecule has 1 N–H and O–H groups in total. The Morgan fingerprint density at radius 1 is 1.00 bits per heavy atom. The average Bonchev–Trinajstić information content (AvgIpc) is 3.66. The number of para-hydroxylation sites is 1. The van der Waals surface area contributed by atoms with E-state index in [0.717, 1.165) is 35.6 Å². The molecule has 11 heteroatoms. The zero-order valence-electron chi connectivity index (χ0n) is 21.5. The number of likely N-dealkylation sites (tertiary alicyclic amines) is 1. The Morgan fingerprint density at radius 2 is 1.87 bits per heavy atom. The first-order valence-electron chi connectivity index (χ1n) is 12.8. The highest BCUT2D eigenvalue weighted by molar-refractivity contribution is 7.90. The van der Waals surface area contributed by atoms with Gasteiger partial charge in [0, 0.05) is 66.3 Å². The number of benzene rings is 2. The van der Waals surface area contributed by atoms with E-state index in [1.54, 1.807) is 43.8 Å². The molecule has 3 aromatic heterocycles. The van der Waals surface area contributed by atoms with Crippen LogP contribution in [0.4, 0.5) is 17.3 Å². The van der Waals surface area contributed by atoms with Crippen molar-refractivity contribution < 1.29 is 13.2 Å². The molecule has 0 spiro atoms. The van der Waals surface area contributed by atoms with Gasteiger partial charge in [0.05, 0.1) is 18.3 Å². The minimum Gasteiger partial charge on any atom is -0.495 e. The summed E-state index contributed by atoms with van der Waals surface area (Å²) in [6.07, 6.45) is 5.87. The number of piperazine rings is 1. The number of anilines is 3. The Kier molecular flexibility index (Phi) is 5.46. The Bertz CT molecular complexity index is 1830. The van der Waals surface area contributed by atoms with Crippen LogP contribution in [-0.2, 0) is 10.0 Å². The van der Waals surface area contributed by atoms with Crippen molar-refractivity contribution in [3.05, 3.63) is 73.2 Å². The van der Waals surface area contributed by atoms with Gasteiger partial charge in [-0.25, -0.2) is 17.4 Å². The first-order chi connectivity index (χ1) is 18.9. The molecule has 0 aliphatic carbocycles. The van der Waals surface area contributed by atoms with Crippen LogP contribution in [0, 0.1) is 0 Å². The molecule has 2 saturated heterocycles. The fourth-order valence-corrected chi connectivity index (χ4v) is 7.29. The number of fused-ring (bicyclic) bond motifs is 4. The number of hydrogen-bond donors (Lipinski definition) is 1. The number of nitrogens with zero attached hydrogens (tertiary/aromatic N) is 6. The number of aromatic nitrogens is 4. The zero-order valence-corrected chi connectivity index (χ0v) is 22.3. The number of ether oxygens (including phenoxy) is 1. The van der Waals surface area contributed by atoms with Crippen molar-refractivity contribution in [2.75, 3.05) is 37.5 Å². The molecule has 2 atom stereocenters.